The lowest BCUT2D eigenvalue weighted by Crippen LogP contribution is -2.48. The maximum Gasteiger partial charge on any atom is 0.320 e. The molecule has 1 saturated carbocycles. The number of carboxylic acid groups (broad SMARTS) is 1. The Kier molecular flexibility index (Phi) is 3.58. The van der Waals surface area contributed by atoms with E-state index in [0.717, 1.165) is 25.7 Å². The van der Waals surface area contributed by atoms with Gasteiger partial charge in [0.15, 0.2) is 0 Å². The van der Waals surface area contributed by atoms with E-state index in [2.05, 4.69) is 0 Å². The first-order chi connectivity index (χ1) is 9.63. The minimum atomic E-state index is -0.759. The Labute approximate surface area is 118 Å². The van der Waals surface area contributed by atoms with Gasteiger partial charge in [-0.25, -0.2) is 4.79 Å². The lowest BCUT2D eigenvalue weighted by molar-refractivity contribution is -0.142. The van der Waals surface area contributed by atoms with E-state index in [1.54, 1.807) is 7.11 Å². The molecule has 0 spiro atoms. The van der Waals surface area contributed by atoms with Crippen molar-refractivity contribution in [2.24, 2.45) is 5.92 Å². The zero-order valence-electron chi connectivity index (χ0n) is 11.8. The molecule has 3 atom stereocenters. The number of hydrogen-bond donors (Lipinski definition) is 1. The van der Waals surface area contributed by atoms with Crippen LogP contribution in [0.4, 0.5) is 4.79 Å². The van der Waals surface area contributed by atoms with Gasteiger partial charge < -0.3 is 19.6 Å². The zero-order valence-corrected chi connectivity index (χ0v) is 11.8. The Hall–Kier alpha value is -1.30. The molecule has 1 N–H and O–H groups in total. The summed E-state index contributed by atoms with van der Waals surface area (Å²) in [5.74, 6) is -1.13. The summed E-state index contributed by atoms with van der Waals surface area (Å²) in [5.41, 5.74) is 0. The van der Waals surface area contributed by atoms with Gasteiger partial charge in [0.25, 0.3) is 0 Å². The van der Waals surface area contributed by atoms with Gasteiger partial charge in [-0.05, 0) is 32.1 Å². The van der Waals surface area contributed by atoms with Crippen molar-refractivity contribution in [3.63, 3.8) is 0 Å². The van der Waals surface area contributed by atoms with Crippen molar-refractivity contribution < 1.29 is 19.4 Å². The second kappa shape index (κ2) is 5.24. The number of methoxy groups -OCH3 is 1. The predicted molar refractivity (Wildman–Crippen MR) is 71.4 cm³/mol. The molecule has 0 aromatic carbocycles. The molecule has 1 aliphatic carbocycles. The van der Waals surface area contributed by atoms with Gasteiger partial charge in [0.1, 0.15) is 0 Å². The topological polar surface area (TPSA) is 70.1 Å². The van der Waals surface area contributed by atoms with E-state index >= 15 is 0 Å². The molecule has 2 heterocycles. The summed E-state index contributed by atoms with van der Waals surface area (Å²) < 4.78 is 5.09. The van der Waals surface area contributed by atoms with Crippen LogP contribution in [0, 0.1) is 5.92 Å². The monoisotopic (exact) mass is 282 g/mol. The summed E-state index contributed by atoms with van der Waals surface area (Å²) in [6.45, 7) is 1.14. The standard InChI is InChI=1S/C14H22N2O4/c1-20-7-6-15(9-2-3-9)14(19)16-10-4-5-12(16)11(8-10)13(17)18/h9-12H,2-8H2,1H3,(H,17,18). The second-order valence-corrected chi connectivity index (χ2v) is 6.09. The molecular formula is C14H22N2O4. The molecular weight excluding hydrogens is 260 g/mol. The van der Waals surface area contributed by atoms with E-state index < -0.39 is 5.97 Å². The van der Waals surface area contributed by atoms with Crippen LogP contribution in [0.1, 0.15) is 32.1 Å². The van der Waals surface area contributed by atoms with Crippen LogP contribution in [0.5, 0.6) is 0 Å². The smallest absolute Gasteiger partial charge is 0.320 e. The average Bonchev–Trinajstić information content (AvgIpc) is 3.10. The van der Waals surface area contributed by atoms with Gasteiger partial charge in [-0.15, -0.1) is 0 Å². The number of aliphatic carboxylic acids is 1. The Morgan fingerprint density at radius 3 is 2.60 bits per heavy atom. The molecule has 0 radical (unpaired) electrons. The fourth-order valence-electron chi connectivity index (χ4n) is 3.71. The summed E-state index contributed by atoms with van der Waals surface area (Å²) in [6.07, 6.45) is 4.51. The van der Waals surface area contributed by atoms with E-state index in [1.165, 1.54) is 0 Å². The molecule has 3 fully saturated rings. The molecule has 2 bridgehead atoms. The quantitative estimate of drug-likeness (QED) is 0.821. The van der Waals surface area contributed by atoms with Crippen molar-refractivity contribution in [3.8, 4) is 0 Å². The van der Waals surface area contributed by atoms with E-state index in [0.29, 0.717) is 25.6 Å². The molecule has 112 valence electrons. The molecule has 2 aliphatic heterocycles. The third-order valence-corrected chi connectivity index (χ3v) is 4.84. The maximum atomic E-state index is 12.8. The number of urea groups is 1. The molecule has 2 saturated heterocycles. The fraction of sp³-hybridized carbons (Fsp3) is 0.857. The van der Waals surface area contributed by atoms with Crippen LogP contribution in [-0.4, -0.2) is 65.3 Å². The third kappa shape index (κ3) is 2.26. The number of ether oxygens (including phenoxy) is 1. The Morgan fingerprint density at radius 2 is 2.05 bits per heavy atom. The van der Waals surface area contributed by atoms with Crippen LogP contribution in [0.3, 0.4) is 0 Å². The van der Waals surface area contributed by atoms with Crippen LogP contribution < -0.4 is 0 Å². The molecule has 0 aromatic heterocycles. The Balaban J connectivity index is 1.71. The number of nitrogens with zero attached hydrogens (tertiary/aromatic N) is 2. The largest absolute Gasteiger partial charge is 0.481 e. The highest BCUT2D eigenvalue weighted by atomic mass is 16.5. The number of carboxylic acids is 1. The molecule has 6 nitrogen and oxygen atoms in total. The molecule has 3 aliphatic rings. The van der Waals surface area contributed by atoms with Crippen LogP contribution in [0.15, 0.2) is 0 Å². The lowest BCUT2D eigenvalue weighted by atomic mass is 9.89. The van der Waals surface area contributed by atoms with Crippen LogP contribution in [-0.2, 0) is 9.53 Å². The van der Waals surface area contributed by atoms with Gasteiger partial charge in [-0.2, -0.15) is 0 Å². The van der Waals surface area contributed by atoms with Crippen molar-refractivity contribution in [2.75, 3.05) is 20.3 Å². The number of fused-ring (bicyclic) bond motifs is 2. The van der Waals surface area contributed by atoms with Gasteiger partial charge in [-0.3, -0.25) is 4.79 Å². The minimum absolute atomic E-state index is 0.0285. The van der Waals surface area contributed by atoms with E-state index in [-0.39, 0.29) is 24.0 Å². The highest BCUT2D eigenvalue weighted by molar-refractivity contribution is 5.80. The first-order valence-corrected chi connectivity index (χ1v) is 7.44. The zero-order chi connectivity index (χ0) is 14.3. The molecule has 20 heavy (non-hydrogen) atoms. The summed E-state index contributed by atoms with van der Waals surface area (Å²) in [5, 5.41) is 9.26. The summed E-state index contributed by atoms with van der Waals surface area (Å²) in [7, 11) is 1.63. The van der Waals surface area contributed by atoms with Gasteiger partial charge in [-0.1, -0.05) is 0 Å². The van der Waals surface area contributed by atoms with E-state index in [9.17, 15) is 14.7 Å². The summed E-state index contributed by atoms with van der Waals surface area (Å²) in [6, 6.07) is 0.382. The predicted octanol–water partition coefficient (Wildman–Crippen LogP) is 1.15. The molecule has 2 amide bonds. The molecule has 6 heteroatoms. The first-order valence-electron chi connectivity index (χ1n) is 7.44. The Bertz CT molecular complexity index is 410. The number of rotatable bonds is 5. The number of hydrogen-bond acceptors (Lipinski definition) is 3. The molecule has 0 aromatic rings. The normalized spacial score (nSPS) is 31.6. The average molecular weight is 282 g/mol. The number of carbonyl (C=O) groups excluding carboxylic acids is 1. The fourth-order valence-corrected chi connectivity index (χ4v) is 3.71. The maximum absolute atomic E-state index is 12.8. The van der Waals surface area contributed by atoms with Crippen molar-refractivity contribution in [1.29, 1.82) is 0 Å². The van der Waals surface area contributed by atoms with Crippen molar-refractivity contribution >= 4 is 12.0 Å². The van der Waals surface area contributed by atoms with Crippen LogP contribution in [0.2, 0.25) is 0 Å². The summed E-state index contributed by atoms with van der Waals surface area (Å²) >= 11 is 0. The second-order valence-electron chi connectivity index (χ2n) is 6.09. The molecule has 3 unspecified atom stereocenters. The highest BCUT2D eigenvalue weighted by Crippen LogP contribution is 2.43. The highest BCUT2D eigenvalue weighted by Gasteiger charge is 2.53. The van der Waals surface area contributed by atoms with Crippen molar-refractivity contribution in [2.45, 2.75) is 50.2 Å². The number of carbonyl (C=O) groups is 2. The molecule has 3 rings (SSSR count). The van der Waals surface area contributed by atoms with Crippen LogP contribution in [0.25, 0.3) is 0 Å². The van der Waals surface area contributed by atoms with E-state index in [1.807, 2.05) is 9.80 Å². The third-order valence-electron chi connectivity index (χ3n) is 4.84. The van der Waals surface area contributed by atoms with Gasteiger partial charge in [0.2, 0.25) is 0 Å². The van der Waals surface area contributed by atoms with Gasteiger partial charge in [0, 0.05) is 31.8 Å². The first kappa shape index (κ1) is 13.7. The van der Waals surface area contributed by atoms with Crippen LogP contribution >= 0.6 is 0 Å². The summed E-state index contributed by atoms with van der Waals surface area (Å²) in [4.78, 5) is 27.8. The SMILES string of the molecule is COCCN(C(=O)N1C2CCC1C(C(=O)O)C2)C1CC1. The van der Waals surface area contributed by atoms with Crippen molar-refractivity contribution in [3.05, 3.63) is 0 Å². The van der Waals surface area contributed by atoms with Gasteiger partial charge in [0.05, 0.1) is 12.5 Å². The minimum Gasteiger partial charge on any atom is -0.481 e. The van der Waals surface area contributed by atoms with Crippen molar-refractivity contribution in [1.82, 2.24) is 9.80 Å². The Morgan fingerprint density at radius 1 is 1.30 bits per heavy atom. The lowest BCUT2D eigenvalue weighted by Gasteiger charge is -2.31. The van der Waals surface area contributed by atoms with E-state index in [4.69, 9.17) is 4.74 Å². The van der Waals surface area contributed by atoms with Gasteiger partial charge >= 0.3 is 12.0 Å². The number of amides is 2.